The molecule has 5 rings (SSSR count). The standard InChI is InChI=1S/C28H31F3N8O2/c1-18-4-5-20(14-26(18)39-17-25(35-36-39)22-16-33-37(3)19(22)2)27(40)34-24-15-21(28(29,30)31)6-7-23(24)32-8-9-38-10-12-41-13-11-38/h4-7,14-17,32H,8-13H2,1-3H3,(H,34,40). The van der Waals surface area contributed by atoms with Crippen molar-refractivity contribution in [2.24, 2.45) is 7.05 Å². The van der Waals surface area contributed by atoms with E-state index in [1.807, 2.05) is 20.9 Å². The Morgan fingerprint density at radius 1 is 1.07 bits per heavy atom. The molecule has 1 amide bonds. The molecule has 13 heteroatoms. The van der Waals surface area contributed by atoms with Crippen LogP contribution in [0.2, 0.25) is 0 Å². The molecule has 0 unspecified atom stereocenters. The second kappa shape index (κ2) is 11.7. The minimum atomic E-state index is -4.56. The summed E-state index contributed by atoms with van der Waals surface area (Å²) in [5.41, 5.74) is 3.70. The molecule has 216 valence electrons. The first kappa shape index (κ1) is 28.3. The number of carbonyl (C=O) groups is 1. The van der Waals surface area contributed by atoms with E-state index in [2.05, 4.69) is 30.9 Å². The monoisotopic (exact) mass is 568 g/mol. The summed E-state index contributed by atoms with van der Waals surface area (Å²) in [4.78, 5) is 15.5. The van der Waals surface area contributed by atoms with Crippen LogP contribution in [0.25, 0.3) is 16.9 Å². The predicted octanol–water partition coefficient (Wildman–Crippen LogP) is 4.30. The van der Waals surface area contributed by atoms with Crippen LogP contribution >= 0.6 is 0 Å². The zero-order chi connectivity index (χ0) is 29.1. The van der Waals surface area contributed by atoms with Crippen LogP contribution in [0.4, 0.5) is 24.5 Å². The minimum absolute atomic E-state index is 0.0454. The Kier molecular flexibility index (Phi) is 8.08. The Morgan fingerprint density at radius 2 is 1.85 bits per heavy atom. The molecule has 1 saturated heterocycles. The van der Waals surface area contributed by atoms with E-state index in [1.165, 1.54) is 6.07 Å². The van der Waals surface area contributed by atoms with Crippen LogP contribution in [0.5, 0.6) is 0 Å². The Balaban J connectivity index is 1.37. The van der Waals surface area contributed by atoms with E-state index in [0.29, 0.717) is 43.4 Å². The van der Waals surface area contributed by atoms with Crippen LogP contribution in [0.3, 0.4) is 0 Å². The minimum Gasteiger partial charge on any atom is -0.382 e. The molecule has 4 aromatic rings. The summed E-state index contributed by atoms with van der Waals surface area (Å²) < 4.78 is 49.2. The smallest absolute Gasteiger partial charge is 0.382 e. The van der Waals surface area contributed by atoms with Crippen molar-refractivity contribution >= 4 is 17.3 Å². The number of aromatic nitrogens is 5. The Labute approximate surface area is 235 Å². The Hall–Kier alpha value is -4.23. The zero-order valence-electron chi connectivity index (χ0n) is 23.0. The van der Waals surface area contributed by atoms with Crippen LogP contribution in [-0.2, 0) is 18.0 Å². The number of morpholine rings is 1. The number of alkyl halides is 3. The summed E-state index contributed by atoms with van der Waals surface area (Å²) >= 11 is 0. The van der Waals surface area contributed by atoms with Crippen LogP contribution in [0.1, 0.15) is 27.2 Å². The second-order valence-corrected chi connectivity index (χ2v) is 9.91. The quantitative estimate of drug-likeness (QED) is 0.327. The van der Waals surface area contributed by atoms with Gasteiger partial charge in [0.05, 0.1) is 48.2 Å². The lowest BCUT2D eigenvalue weighted by Gasteiger charge is -2.27. The first-order valence-electron chi connectivity index (χ1n) is 13.2. The molecule has 0 aliphatic carbocycles. The van der Waals surface area contributed by atoms with Crippen molar-refractivity contribution in [1.29, 1.82) is 0 Å². The van der Waals surface area contributed by atoms with Crippen molar-refractivity contribution in [3.05, 3.63) is 71.2 Å². The molecule has 10 nitrogen and oxygen atoms in total. The summed E-state index contributed by atoms with van der Waals surface area (Å²) in [5.74, 6) is -0.551. The van der Waals surface area contributed by atoms with Gasteiger partial charge in [-0.3, -0.25) is 14.4 Å². The number of amides is 1. The van der Waals surface area contributed by atoms with E-state index < -0.39 is 17.6 Å². The lowest BCUT2D eigenvalue weighted by Crippen LogP contribution is -2.39. The fourth-order valence-electron chi connectivity index (χ4n) is 4.60. The molecule has 0 spiro atoms. The molecular formula is C28H31F3N8O2. The number of anilines is 2. The second-order valence-electron chi connectivity index (χ2n) is 9.91. The highest BCUT2D eigenvalue weighted by Crippen LogP contribution is 2.34. The number of benzene rings is 2. The lowest BCUT2D eigenvalue weighted by molar-refractivity contribution is -0.137. The summed E-state index contributed by atoms with van der Waals surface area (Å²) in [5, 5.41) is 18.6. The van der Waals surface area contributed by atoms with Crippen molar-refractivity contribution in [3.63, 3.8) is 0 Å². The van der Waals surface area contributed by atoms with Gasteiger partial charge in [0.2, 0.25) is 0 Å². The van der Waals surface area contributed by atoms with E-state index in [4.69, 9.17) is 4.74 Å². The van der Waals surface area contributed by atoms with Gasteiger partial charge in [0.15, 0.2) is 0 Å². The summed E-state index contributed by atoms with van der Waals surface area (Å²) in [6.45, 7) is 7.88. The third-order valence-electron chi connectivity index (χ3n) is 7.17. The Bertz CT molecular complexity index is 1540. The third kappa shape index (κ3) is 6.41. The number of carbonyl (C=O) groups excluding carboxylic acids is 1. The highest BCUT2D eigenvalue weighted by Gasteiger charge is 2.31. The first-order valence-corrected chi connectivity index (χ1v) is 13.2. The summed E-state index contributed by atoms with van der Waals surface area (Å²) in [6.07, 6.45) is -1.10. The number of ether oxygens (including phenoxy) is 1. The maximum absolute atomic E-state index is 13.5. The molecule has 0 saturated carbocycles. The molecule has 2 N–H and O–H groups in total. The molecule has 3 heterocycles. The largest absolute Gasteiger partial charge is 0.416 e. The van der Waals surface area contributed by atoms with Crippen LogP contribution in [0.15, 0.2) is 48.8 Å². The number of hydrogen-bond acceptors (Lipinski definition) is 7. The van der Waals surface area contributed by atoms with Crippen molar-refractivity contribution in [3.8, 4) is 16.9 Å². The fourth-order valence-corrected chi connectivity index (χ4v) is 4.60. The number of hydrogen-bond donors (Lipinski definition) is 2. The predicted molar refractivity (Wildman–Crippen MR) is 148 cm³/mol. The average Bonchev–Trinajstić information content (AvgIpc) is 3.56. The maximum atomic E-state index is 13.5. The summed E-state index contributed by atoms with van der Waals surface area (Å²) in [7, 11) is 1.84. The molecular weight excluding hydrogens is 537 g/mol. The molecule has 0 atom stereocenters. The molecule has 0 radical (unpaired) electrons. The summed E-state index contributed by atoms with van der Waals surface area (Å²) in [6, 6.07) is 8.31. The molecule has 1 aliphatic heterocycles. The van der Waals surface area contributed by atoms with Gasteiger partial charge in [-0.05, 0) is 49.7 Å². The third-order valence-corrected chi connectivity index (χ3v) is 7.17. The SMILES string of the molecule is Cc1ccc(C(=O)Nc2cc(C(F)(F)F)ccc2NCCN2CCOCC2)cc1-n1cc(-c2cnn(C)c2C)nn1. The van der Waals surface area contributed by atoms with Crippen molar-refractivity contribution < 1.29 is 22.7 Å². The van der Waals surface area contributed by atoms with Crippen LogP contribution < -0.4 is 10.6 Å². The highest BCUT2D eigenvalue weighted by atomic mass is 19.4. The average molecular weight is 569 g/mol. The van der Waals surface area contributed by atoms with Gasteiger partial charge in [0, 0.05) is 50.0 Å². The van der Waals surface area contributed by atoms with Crippen LogP contribution in [-0.4, -0.2) is 75.0 Å². The van der Waals surface area contributed by atoms with Gasteiger partial charge in [-0.1, -0.05) is 11.3 Å². The molecule has 1 fully saturated rings. The van der Waals surface area contributed by atoms with Crippen molar-refractivity contribution in [2.45, 2.75) is 20.0 Å². The topological polar surface area (TPSA) is 102 Å². The van der Waals surface area contributed by atoms with Gasteiger partial charge in [-0.25, -0.2) is 4.68 Å². The van der Waals surface area contributed by atoms with E-state index >= 15 is 0 Å². The van der Waals surface area contributed by atoms with Gasteiger partial charge in [0.1, 0.15) is 5.69 Å². The van der Waals surface area contributed by atoms with Gasteiger partial charge in [0.25, 0.3) is 5.91 Å². The number of nitrogens with one attached hydrogen (secondary N) is 2. The lowest BCUT2D eigenvalue weighted by atomic mass is 10.1. The molecule has 2 aromatic heterocycles. The van der Waals surface area contributed by atoms with Gasteiger partial charge in [-0.2, -0.15) is 18.3 Å². The number of rotatable bonds is 8. The molecule has 1 aliphatic rings. The zero-order valence-corrected chi connectivity index (χ0v) is 23.0. The van der Waals surface area contributed by atoms with E-state index in [-0.39, 0.29) is 11.3 Å². The number of aryl methyl sites for hydroxylation is 2. The molecule has 2 aromatic carbocycles. The molecule has 41 heavy (non-hydrogen) atoms. The first-order chi connectivity index (χ1) is 19.6. The number of nitrogens with zero attached hydrogens (tertiary/aromatic N) is 6. The number of halogens is 3. The fraction of sp³-hybridized carbons (Fsp3) is 0.357. The van der Waals surface area contributed by atoms with Crippen molar-refractivity contribution in [2.75, 3.05) is 50.0 Å². The van der Waals surface area contributed by atoms with Crippen molar-refractivity contribution in [1.82, 2.24) is 29.7 Å². The van der Waals surface area contributed by atoms with Gasteiger partial charge in [-0.15, -0.1) is 5.10 Å². The Morgan fingerprint density at radius 3 is 2.56 bits per heavy atom. The maximum Gasteiger partial charge on any atom is 0.416 e. The normalized spacial score (nSPS) is 14.3. The van der Waals surface area contributed by atoms with E-state index in [1.54, 1.807) is 40.0 Å². The van der Waals surface area contributed by atoms with E-state index in [0.717, 1.165) is 42.0 Å². The molecule has 0 bridgehead atoms. The van der Waals surface area contributed by atoms with E-state index in [9.17, 15) is 18.0 Å². The van der Waals surface area contributed by atoms with Crippen LogP contribution in [0, 0.1) is 13.8 Å². The van der Waals surface area contributed by atoms with Gasteiger partial charge >= 0.3 is 6.18 Å². The highest BCUT2D eigenvalue weighted by molar-refractivity contribution is 6.06. The van der Waals surface area contributed by atoms with Gasteiger partial charge < -0.3 is 15.4 Å².